The average molecular weight is 393 g/mol. The molecule has 1 saturated heterocycles. The van der Waals surface area contributed by atoms with Crippen LogP contribution in [0.1, 0.15) is 34.3 Å². The van der Waals surface area contributed by atoms with Crippen molar-refractivity contribution in [1.29, 1.82) is 0 Å². The lowest BCUT2D eigenvalue weighted by atomic mass is 10.1. The topological polar surface area (TPSA) is 66.5 Å². The number of nitrogens with zero attached hydrogens (tertiary/aromatic N) is 1. The summed E-state index contributed by atoms with van der Waals surface area (Å²) in [6.45, 7) is 2.72. The molecule has 1 aliphatic heterocycles. The van der Waals surface area contributed by atoms with E-state index < -0.39 is 10.0 Å². The molecule has 0 unspecified atom stereocenters. The van der Waals surface area contributed by atoms with E-state index in [2.05, 4.69) is 5.32 Å². The summed E-state index contributed by atoms with van der Waals surface area (Å²) in [5.74, 6) is -0.0217. The first-order chi connectivity index (χ1) is 12.4. The zero-order valence-electron chi connectivity index (χ0n) is 14.5. The highest BCUT2D eigenvalue weighted by atomic mass is 35.5. The van der Waals surface area contributed by atoms with E-state index in [9.17, 15) is 13.2 Å². The van der Waals surface area contributed by atoms with Crippen LogP contribution in [0.4, 0.5) is 5.69 Å². The SMILES string of the molecule is Cc1cc(C(=O)NCc2ccc(Cl)cc2)ccc1N1CCCCS1(=O)=O. The Balaban J connectivity index is 1.72. The van der Waals surface area contributed by atoms with Gasteiger partial charge in [-0.25, -0.2) is 8.42 Å². The number of carbonyl (C=O) groups is 1. The number of hydrogen-bond donors (Lipinski definition) is 1. The molecule has 5 nitrogen and oxygen atoms in total. The van der Waals surface area contributed by atoms with Crippen molar-refractivity contribution >= 4 is 33.2 Å². The van der Waals surface area contributed by atoms with Gasteiger partial charge in [0.1, 0.15) is 0 Å². The normalized spacial score (nSPS) is 16.3. The van der Waals surface area contributed by atoms with E-state index in [-0.39, 0.29) is 11.7 Å². The van der Waals surface area contributed by atoms with Crippen molar-refractivity contribution in [2.24, 2.45) is 0 Å². The highest BCUT2D eigenvalue weighted by molar-refractivity contribution is 7.92. The molecule has 0 radical (unpaired) electrons. The maximum atomic E-state index is 12.4. The second kappa shape index (κ2) is 7.68. The molecule has 1 aliphatic rings. The number of nitrogens with one attached hydrogen (secondary N) is 1. The molecule has 1 amide bonds. The van der Waals surface area contributed by atoms with Gasteiger partial charge in [-0.3, -0.25) is 9.10 Å². The van der Waals surface area contributed by atoms with Gasteiger partial charge in [0.25, 0.3) is 5.91 Å². The molecule has 1 N–H and O–H groups in total. The van der Waals surface area contributed by atoms with E-state index in [0.29, 0.717) is 35.8 Å². The number of halogens is 1. The maximum absolute atomic E-state index is 12.4. The third kappa shape index (κ3) is 4.19. The lowest BCUT2D eigenvalue weighted by molar-refractivity contribution is 0.0951. The van der Waals surface area contributed by atoms with E-state index in [1.165, 1.54) is 4.31 Å². The van der Waals surface area contributed by atoms with Gasteiger partial charge in [0.2, 0.25) is 10.0 Å². The number of carbonyl (C=O) groups excluding carboxylic acids is 1. The largest absolute Gasteiger partial charge is 0.348 e. The van der Waals surface area contributed by atoms with E-state index >= 15 is 0 Å². The van der Waals surface area contributed by atoms with Gasteiger partial charge in [-0.05, 0) is 61.2 Å². The standard InChI is InChI=1S/C19H21ClN2O3S/c1-14-12-16(19(23)21-13-15-4-7-17(20)8-5-15)6-9-18(14)22-10-2-3-11-26(22,24)25/h4-9,12H,2-3,10-11,13H2,1H3,(H,21,23). The van der Waals surface area contributed by atoms with Crippen molar-refractivity contribution in [3.8, 4) is 0 Å². The molecule has 7 heteroatoms. The Kier molecular flexibility index (Phi) is 5.53. The molecule has 0 aliphatic carbocycles. The van der Waals surface area contributed by atoms with Crippen molar-refractivity contribution in [2.75, 3.05) is 16.6 Å². The lowest BCUT2D eigenvalue weighted by Crippen LogP contribution is -2.38. The van der Waals surface area contributed by atoms with Gasteiger partial charge in [0.05, 0.1) is 11.4 Å². The Bertz CT molecular complexity index is 911. The van der Waals surface area contributed by atoms with Crippen LogP contribution in [0.3, 0.4) is 0 Å². The highest BCUT2D eigenvalue weighted by Gasteiger charge is 2.27. The van der Waals surface area contributed by atoms with Crippen LogP contribution < -0.4 is 9.62 Å². The van der Waals surface area contributed by atoms with Crippen LogP contribution >= 0.6 is 11.6 Å². The average Bonchev–Trinajstić information content (AvgIpc) is 2.61. The fraction of sp³-hybridized carbons (Fsp3) is 0.316. The van der Waals surface area contributed by atoms with Crippen molar-refractivity contribution in [3.63, 3.8) is 0 Å². The Hall–Kier alpha value is -2.05. The zero-order chi connectivity index (χ0) is 18.7. The summed E-state index contributed by atoms with van der Waals surface area (Å²) in [4.78, 5) is 12.4. The second-order valence-electron chi connectivity index (χ2n) is 6.41. The minimum absolute atomic E-state index is 0.176. The van der Waals surface area contributed by atoms with Crippen molar-refractivity contribution < 1.29 is 13.2 Å². The van der Waals surface area contributed by atoms with Crippen molar-refractivity contribution in [3.05, 3.63) is 64.2 Å². The summed E-state index contributed by atoms with van der Waals surface area (Å²) in [5, 5.41) is 3.52. The smallest absolute Gasteiger partial charge is 0.251 e. The Morgan fingerprint density at radius 3 is 2.54 bits per heavy atom. The van der Waals surface area contributed by atoms with E-state index in [0.717, 1.165) is 17.5 Å². The monoisotopic (exact) mass is 392 g/mol. The zero-order valence-corrected chi connectivity index (χ0v) is 16.1. The third-order valence-corrected chi connectivity index (χ3v) is 6.55. The molecular formula is C19H21ClN2O3S. The van der Waals surface area contributed by atoms with Crippen LogP contribution in [0.2, 0.25) is 5.02 Å². The summed E-state index contributed by atoms with van der Waals surface area (Å²) in [7, 11) is -3.26. The summed E-state index contributed by atoms with van der Waals surface area (Å²) in [6, 6.07) is 12.4. The predicted octanol–water partition coefficient (Wildman–Crippen LogP) is 3.51. The van der Waals surface area contributed by atoms with Gasteiger partial charge in [-0.15, -0.1) is 0 Å². The molecule has 1 fully saturated rings. The summed E-state index contributed by atoms with van der Waals surface area (Å²) in [5.41, 5.74) is 2.89. The van der Waals surface area contributed by atoms with E-state index in [4.69, 9.17) is 11.6 Å². The number of sulfonamides is 1. The number of benzene rings is 2. The third-order valence-electron chi connectivity index (χ3n) is 4.44. The van der Waals surface area contributed by atoms with Crippen LogP contribution in [0, 0.1) is 6.92 Å². The van der Waals surface area contributed by atoms with Gasteiger partial charge in [-0.1, -0.05) is 23.7 Å². The molecule has 1 heterocycles. The number of anilines is 1. The molecule has 138 valence electrons. The molecule has 0 spiro atoms. The first-order valence-corrected chi connectivity index (χ1v) is 10.5. The molecule has 2 aromatic rings. The van der Waals surface area contributed by atoms with Crippen molar-refractivity contribution in [2.45, 2.75) is 26.3 Å². The first-order valence-electron chi connectivity index (χ1n) is 8.50. The number of aryl methyl sites for hydroxylation is 1. The summed E-state index contributed by atoms with van der Waals surface area (Å²) < 4.78 is 26.0. The summed E-state index contributed by atoms with van der Waals surface area (Å²) >= 11 is 5.85. The Morgan fingerprint density at radius 1 is 1.15 bits per heavy atom. The minimum Gasteiger partial charge on any atom is -0.348 e. The molecule has 0 aromatic heterocycles. The minimum atomic E-state index is -3.26. The fourth-order valence-corrected chi connectivity index (χ4v) is 4.85. The van der Waals surface area contributed by atoms with Crippen LogP contribution in [-0.4, -0.2) is 26.6 Å². The van der Waals surface area contributed by atoms with Crippen molar-refractivity contribution in [1.82, 2.24) is 5.32 Å². The Morgan fingerprint density at radius 2 is 1.88 bits per heavy atom. The van der Waals surface area contributed by atoms with Gasteiger partial charge in [0.15, 0.2) is 0 Å². The van der Waals surface area contributed by atoms with Crippen LogP contribution in [0.5, 0.6) is 0 Å². The highest BCUT2D eigenvalue weighted by Crippen LogP contribution is 2.27. The number of rotatable bonds is 4. The Labute approximate surface area is 159 Å². The van der Waals surface area contributed by atoms with E-state index in [1.807, 2.05) is 19.1 Å². The van der Waals surface area contributed by atoms with Crippen LogP contribution in [0.15, 0.2) is 42.5 Å². The van der Waals surface area contributed by atoms with Crippen LogP contribution in [-0.2, 0) is 16.6 Å². The molecule has 3 rings (SSSR count). The number of hydrogen-bond acceptors (Lipinski definition) is 3. The van der Waals surface area contributed by atoms with Gasteiger partial charge >= 0.3 is 0 Å². The molecule has 0 bridgehead atoms. The fourth-order valence-electron chi connectivity index (χ4n) is 3.02. The van der Waals surface area contributed by atoms with Gasteiger partial charge < -0.3 is 5.32 Å². The molecular weight excluding hydrogens is 372 g/mol. The van der Waals surface area contributed by atoms with Gasteiger partial charge in [-0.2, -0.15) is 0 Å². The molecule has 0 saturated carbocycles. The van der Waals surface area contributed by atoms with Gasteiger partial charge in [0, 0.05) is 23.7 Å². The molecule has 26 heavy (non-hydrogen) atoms. The molecule has 0 atom stereocenters. The van der Waals surface area contributed by atoms with E-state index in [1.54, 1.807) is 30.3 Å². The predicted molar refractivity (Wildman–Crippen MR) is 104 cm³/mol. The van der Waals surface area contributed by atoms with Crippen LogP contribution in [0.25, 0.3) is 0 Å². The maximum Gasteiger partial charge on any atom is 0.251 e. The molecule has 2 aromatic carbocycles. The summed E-state index contributed by atoms with van der Waals surface area (Å²) in [6.07, 6.45) is 1.55. The first kappa shape index (κ1) is 18.7. The number of amides is 1. The lowest BCUT2D eigenvalue weighted by Gasteiger charge is -2.29. The second-order valence-corrected chi connectivity index (χ2v) is 8.85. The quantitative estimate of drug-likeness (QED) is 0.865.